The molecule has 8 heteroatoms. The quantitative estimate of drug-likeness (QED) is 0.753. The molecular formula is C20H23N3O5. The van der Waals surface area contributed by atoms with Gasteiger partial charge in [-0.2, -0.15) is 4.98 Å². The Morgan fingerprint density at radius 3 is 2.29 bits per heavy atom. The highest BCUT2D eigenvalue weighted by Gasteiger charge is 2.35. The fourth-order valence-electron chi connectivity index (χ4n) is 3.73. The largest absolute Gasteiger partial charge is 0.478 e. The smallest absolute Gasteiger partial charge is 0.328 e. The number of piperidine rings is 3. The number of benzene rings is 1. The van der Waals surface area contributed by atoms with E-state index in [2.05, 4.69) is 15.0 Å². The van der Waals surface area contributed by atoms with Crippen molar-refractivity contribution in [1.82, 2.24) is 15.0 Å². The lowest BCUT2D eigenvalue weighted by Crippen LogP contribution is -2.48. The van der Waals surface area contributed by atoms with Crippen LogP contribution in [-0.2, 0) is 16.0 Å². The molecule has 2 aromatic rings. The predicted molar refractivity (Wildman–Crippen MR) is 101 cm³/mol. The minimum atomic E-state index is -1.26. The van der Waals surface area contributed by atoms with Gasteiger partial charge in [0.05, 0.1) is 0 Å². The van der Waals surface area contributed by atoms with Crippen molar-refractivity contribution < 1.29 is 24.3 Å². The van der Waals surface area contributed by atoms with Crippen molar-refractivity contribution in [3.05, 3.63) is 48.4 Å². The summed E-state index contributed by atoms with van der Waals surface area (Å²) in [4.78, 5) is 26.2. The maximum atomic E-state index is 9.55. The molecule has 0 radical (unpaired) electrons. The van der Waals surface area contributed by atoms with E-state index in [0.717, 1.165) is 23.8 Å². The van der Waals surface area contributed by atoms with Crippen molar-refractivity contribution in [2.24, 2.45) is 11.8 Å². The molecule has 3 aliphatic heterocycles. The average Bonchev–Trinajstić information content (AvgIpc) is 3.17. The molecule has 0 amide bonds. The molecule has 0 aliphatic carbocycles. The van der Waals surface area contributed by atoms with Gasteiger partial charge in [-0.05, 0) is 37.8 Å². The Balaban J connectivity index is 0.000000242. The molecular weight excluding hydrogens is 362 g/mol. The Hall–Kier alpha value is -3.00. The van der Waals surface area contributed by atoms with Crippen molar-refractivity contribution in [2.75, 3.05) is 19.6 Å². The first-order valence-corrected chi connectivity index (χ1v) is 9.25. The lowest BCUT2D eigenvalue weighted by atomic mass is 9.77. The average molecular weight is 385 g/mol. The molecule has 2 N–H and O–H groups in total. The van der Waals surface area contributed by atoms with E-state index in [0.29, 0.717) is 23.9 Å². The van der Waals surface area contributed by atoms with Crippen LogP contribution in [0.1, 0.15) is 18.7 Å². The van der Waals surface area contributed by atoms with Gasteiger partial charge < -0.3 is 19.6 Å². The highest BCUT2D eigenvalue weighted by atomic mass is 16.5. The van der Waals surface area contributed by atoms with E-state index < -0.39 is 11.9 Å². The third kappa shape index (κ3) is 5.50. The van der Waals surface area contributed by atoms with E-state index in [4.69, 9.17) is 14.7 Å². The van der Waals surface area contributed by atoms with E-state index in [1.54, 1.807) is 0 Å². The van der Waals surface area contributed by atoms with Gasteiger partial charge in [-0.25, -0.2) is 9.59 Å². The van der Waals surface area contributed by atoms with Gasteiger partial charge in [0.1, 0.15) is 0 Å². The highest BCUT2D eigenvalue weighted by Crippen LogP contribution is 2.34. The van der Waals surface area contributed by atoms with Crippen LogP contribution < -0.4 is 0 Å². The molecule has 1 unspecified atom stereocenters. The maximum absolute atomic E-state index is 9.55. The third-order valence-electron chi connectivity index (χ3n) is 5.10. The lowest BCUT2D eigenvalue weighted by Gasteiger charge is -2.44. The van der Waals surface area contributed by atoms with E-state index >= 15 is 0 Å². The topological polar surface area (TPSA) is 117 Å². The Bertz CT molecular complexity index is 809. The normalized spacial score (nSPS) is 23.2. The standard InChI is InChI=1S/C16H19N3O.C4H4O4/c1-2-4-13(5-3-1)16-17-15(20-18-16)10-14-11-19-8-6-12(14)7-9-19;5-3(6)1-2-4(7)8/h1-5,12,14H,6-11H2;1-2H,(H,5,6)(H,7,8)/b;2-1+. The van der Waals surface area contributed by atoms with Crippen molar-refractivity contribution in [3.63, 3.8) is 0 Å². The van der Waals surface area contributed by atoms with E-state index in [9.17, 15) is 9.59 Å². The molecule has 1 atom stereocenters. The molecule has 2 bridgehead atoms. The lowest BCUT2D eigenvalue weighted by molar-refractivity contribution is -0.134. The number of aromatic nitrogens is 2. The summed E-state index contributed by atoms with van der Waals surface area (Å²) < 4.78 is 5.45. The fraction of sp³-hybridized carbons (Fsp3) is 0.400. The minimum absolute atomic E-state index is 0.558. The molecule has 28 heavy (non-hydrogen) atoms. The van der Waals surface area contributed by atoms with Crippen LogP contribution in [-0.4, -0.2) is 56.8 Å². The second-order valence-corrected chi connectivity index (χ2v) is 6.99. The maximum Gasteiger partial charge on any atom is 0.328 e. The number of hydrogen-bond donors (Lipinski definition) is 2. The zero-order valence-corrected chi connectivity index (χ0v) is 15.4. The van der Waals surface area contributed by atoms with Crippen molar-refractivity contribution in [2.45, 2.75) is 19.3 Å². The first-order chi connectivity index (χ1) is 13.5. The van der Waals surface area contributed by atoms with E-state index in [1.165, 1.54) is 32.5 Å². The van der Waals surface area contributed by atoms with Gasteiger partial charge in [0.15, 0.2) is 0 Å². The van der Waals surface area contributed by atoms with Gasteiger partial charge in [0.25, 0.3) is 0 Å². The zero-order chi connectivity index (χ0) is 19.9. The van der Waals surface area contributed by atoms with Crippen LogP contribution >= 0.6 is 0 Å². The van der Waals surface area contributed by atoms with Gasteiger partial charge >= 0.3 is 11.9 Å². The first-order valence-electron chi connectivity index (χ1n) is 9.25. The van der Waals surface area contributed by atoms with Crippen LogP contribution in [0.15, 0.2) is 47.0 Å². The van der Waals surface area contributed by atoms with Gasteiger partial charge in [0.2, 0.25) is 11.7 Å². The number of carboxylic acids is 2. The van der Waals surface area contributed by atoms with Gasteiger partial charge in [0, 0.05) is 30.7 Å². The van der Waals surface area contributed by atoms with Crippen LogP contribution in [0.3, 0.4) is 0 Å². The Labute approximate surface area is 162 Å². The zero-order valence-electron chi connectivity index (χ0n) is 15.4. The number of carboxylic acid groups (broad SMARTS) is 2. The molecule has 1 aromatic heterocycles. The summed E-state index contributed by atoms with van der Waals surface area (Å²) in [6.45, 7) is 3.76. The Morgan fingerprint density at radius 2 is 1.75 bits per heavy atom. The summed E-state index contributed by atoms with van der Waals surface area (Å²) in [6, 6.07) is 10.0. The van der Waals surface area contributed by atoms with Crippen LogP contribution in [0.5, 0.6) is 0 Å². The summed E-state index contributed by atoms with van der Waals surface area (Å²) in [5.74, 6) is 0.540. The number of hydrogen-bond acceptors (Lipinski definition) is 6. The number of aliphatic carboxylic acids is 2. The van der Waals surface area contributed by atoms with Crippen LogP contribution in [0.2, 0.25) is 0 Å². The molecule has 0 spiro atoms. The van der Waals surface area contributed by atoms with Crippen molar-refractivity contribution in [1.29, 1.82) is 0 Å². The van der Waals surface area contributed by atoms with E-state index in [-0.39, 0.29) is 0 Å². The van der Waals surface area contributed by atoms with Crippen LogP contribution in [0, 0.1) is 11.8 Å². The number of carbonyl (C=O) groups is 2. The molecule has 148 valence electrons. The first kappa shape index (κ1) is 19.8. The fourth-order valence-corrected chi connectivity index (χ4v) is 3.73. The van der Waals surface area contributed by atoms with Gasteiger partial charge in [-0.15, -0.1) is 0 Å². The van der Waals surface area contributed by atoms with Crippen LogP contribution in [0.25, 0.3) is 11.4 Å². The summed E-state index contributed by atoms with van der Waals surface area (Å²) in [6.07, 6.45) is 4.72. The number of rotatable bonds is 5. The van der Waals surface area contributed by atoms with Crippen LogP contribution in [0.4, 0.5) is 0 Å². The summed E-state index contributed by atoms with van der Waals surface area (Å²) in [5.41, 5.74) is 1.02. The highest BCUT2D eigenvalue weighted by molar-refractivity contribution is 5.89. The molecule has 0 saturated carbocycles. The van der Waals surface area contributed by atoms with Crippen molar-refractivity contribution >= 4 is 11.9 Å². The SMILES string of the molecule is O=C(O)/C=C/C(=O)O.c1ccc(-c2noc(CC3CN4CCC3CC4)n2)cc1. The van der Waals surface area contributed by atoms with Gasteiger partial charge in [-0.1, -0.05) is 35.5 Å². The number of fused-ring (bicyclic) bond motifs is 3. The molecule has 1 aromatic carbocycles. The predicted octanol–water partition coefficient (Wildman–Crippen LogP) is 2.33. The second kappa shape index (κ2) is 9.27. The van der Waals surface area contributed by atoms with E-state index in [1.807, 2.05) is 30.3 Å². The second-order valence-electron chi connectivity index (χ2n) is 6.99. The molecule has 8 nitrogen and oxygen atoms in total. The molecule has 3 fully saturated rings. The number of nitrogens with zero attached hydrogens (tertiary/aromatic N) is 3. The Morgan fingerprint density at radius 1 is 1.11 bits per heavy atom. The molecule has 5 rings (SSSR count). The minimum Gasteiger partial charge on any atom is -0.478 e. The summed E-state index contributed by atoms with van der Waals surface area (Å²) in [7, 11) is 0. The monoisotopic (exact) mass is 385 g/mol. The molecule has 4 heterocycles. The molecule has 3 saturated heterocycles. The van der Waals surface area contributed by atoms with Crippen molar-refractivity contribution in [3.8, 4) is 11.4 Å². The Kier molecular flexibility index (Phi) is 6.54. The third-order valence-corrected chi connectivity index (χ3v) is 5.10. The molecule has 3 aliphatic rings. The van der Waals surface area contributed by atoms with Gasteiger partial charge in [-0.3, -0.25) is 0 Å². The summed E-state index contributed by atoms with van der Waals surface area (Å²) >= 11 is 0. The summed E-state index contributed by atoms with van der Waals surface area (Å²) in [5, 5.41) is 19.7.